The number of carboxylic acids is 1. The van der Waals surface area contributed by atoms with Crippen molar-refractivity contribution in [2.75, 3.05) is 32.8 Å². The minimum absolute atomic E-state index is 0.0550. The molecule has 4 rings (SSSR count). The molecule has 6 N–H and O–H groups in total. The van der Waals surface area contributed by atoms with Gasteiger partial charge in [0, 0.05) is 19.5 Å². The van der Waals surface area contributed by atoms with Crippen LogP contribution in [0.25, 0.3) is 0 Å². The number of aliphatic hydroxyl groups excluding tert-OH is 1. The van der Waals surface area contributed by atoms with E-state index in [1.165, 1.54) is 0 Å². The van der Waals surface area contributed by atoms with Gasteiger partial charge in [-0.15, -0.1) is 0 Å². The topological polar surface area (TPSA) is 197 Å². The fourth-order valence-electron chi connectivity index (χ4n) is 5.93. The average Bonchev–Trinajstić information content (AvgIpc) is 3.80. The Labute approximate surface area is 249 Å². The standard InChI is InChI=1S/C29H40N6O8/c36-17-21(28(41)35-14-6-11-23(35)29(42)43)33-25(38)20(15-18-7-2-1-3-8-18)32-24(37)16-31-26(39)22-10-5-13-34(22)27(40)19-9-4-12-30-19/h1-3,7-8,19-23,30,36H,4-6,9-17H2,(H,31,39)(H,32,37)(H,33,38)(H,42,43)/t19-,20-,21-,22-,23-/m0/s1. The number of carbonyl (C=O) groups excluding carboxylic acids is 5. The van der Waals surface area contributed by atoms with Crippen LogP contribution in [0, 0.1) is 0 Å². The van der Waals surface area contributed by atoms with E-state index in [2.05, 4.69) is 21.3 Å². The van der Waals surface area contributed by atoms with E-state index in [0.29, 0.717) is 31.4 Å². The Balaban J connectivity index is 1.37. The molecule has 0 radical (unpaired) electrons. The van der Waals surface area contributed by atoms with E-state index >= 15 is 0 Å². The van der Waals surface area contributed by atoms with Gasteiger partial charge in [-0.2, -0.15) is 0 Å². The lowest BCUT2D eigenvalue weighted by atomic mass is 10.0. The molecule has 234 valence electrons. The summed E-state index contributed by atoms with van der Waals surface area (Å²) in [5.41, 5.74) is 0.713. The second kappa shape index (κ2) is 14.9. The van der Waals surface area contributed by atoms with Gasteiger partial charge in [0.15, 0.2) is 0 Å². The average molecular weight is 601 g/mol. The number of benzene rings is 1. The summed E-state index contributed by atoms with van der Waals surface area (Å²) in [4.78, 5) is 79.3. The van der Waals surface area contributed by atoms with Crippen molar-refractivity contribution in [3.8, 4) is 0 Å². The zero-order chi connectivity index (χ0) is 30.9. The van der Waals surface area contributed by atoms with Crippen LogP contribution in [0.4, 0.5) is 0 Å². The van der Waals surface area contributed by atoms with Gasteiger partial charge in [0.2, 0.25) is 29.5 Å². The lowest BCUT2D eigenvalue weighted by Gasteiger charge is -2.28. The van der Waals surface area contributed by atoms with Gasteiger partial charge >= 0.3 is 5.97 Å². The molecule has 0 unspecified atom stereocenters. The summed E-state index contributed by atoms with van der Waals surface area (Å²) in [5.74, 6) is -3.86. The van der Waals surface area contributed by atoms with Crippen molar-refractivity contribution in [3.63, 3.8) is 0 Å². The van der Waals surface area contributed by atoms with Gasteiger partial charge in [0.05, 0.1) is 19.2 Å². The SMILES string of the molecule is O=C(CNC(=O)[C@@H]1CCCN1C(=O)[C@@H]1CCCN1)N[C@@H](Cc1ccccc1)C(=O)N[C@@H](CO)C(=O)N1CCC[C@H]1C(=O)O. The van der Waals surface area contributed by atoms with E-state index < -0.39 is 66.9 Å². The molecule has 0 bridgehead atoms. The van der Waals surface area contributed by atoms with Crippen LogP contribution in [-0.4, -0.2) is 119 Å². The number of nitrogens with one attached hydrogen (secondary N) is 4. The van der Waals surface area contributed by atoms with Crippen molar-refractivity contribution in [1.82, 2.24) is 31.1 Å². The monoisotopic (exact) mass is 600 g/mol. The first-order chi connectivity index (χ1) is 20.7. The molecule has 43 heavy (non-hydrogen) atoms. The number of amides is 5. The van der Waals surface area contributed by atoms with E-state index in [9.17, 15) is 39.0 Å². The van der Waals surface area contributed by atoms with Crippen molar-refractivity contribution in [2.45, 2.75) is 75.2 Å². The molecule has 1 aromatic rings. The van der Waals surface area contributed by atoms with Crippen molar-refractivity contribution in [3.05, 3.63) is 35.9 Å². The van der Waals surface area contributed by atoms with Gasteiger partial charge in [-0.1, -0.05) is 30.3 Å². The minimum atomic E-state index is -1.40. The molecule has 3 aliphatic heterocycles. The highest BCUT2D eigenvalue weighted by Gasteiger charge is 2.39. The fourth-order valence-corrected chi connectivity index (χ4v) is 5.93. The molecule has 3 aliphatic rings. The molecule has 0 saturated carbocycles. The molecular formula is C29H40N6O8. The van der Waals surface area contributed by atoms with E-state index in [1.807, 2.05) is 0 Å². The molecule has 5 amide bonds. The summed E-state index contributed by atoms with van der Waals surface area (Å²) >= 11 is 0. The number of hydrogen-bond donors (Lipinski definition) is 6. The first-order valence-corrected chi connectivity index (χ1v) is 14.8. The molecule has 0 aromatic heterocycles. The summed E-state index contributed by atoms with van der Waals surface area (Å²) in [5, 5.41) is 30.1. The molecule has 0 spiro atoms. The Hall–Kier alpha value is -4.04. The van der Waals surface area contributed by atoms with Crippen LogP contribution in [0.2, 0.25) is 0 Å². The summed E-state index contributed by atoms with van der Waals surface area (Å²) in [6, 6.07) is 4.26. The quantitative estimate of drug-likeness (QED) is 0.159. The predicted molar refractivity (Wildman–Crippen MR) is 152 cm³/mol. The number of nitrogens with zero attached hydrogens (tertiary/aromatic N) is 2. The highest BCUT2D eigenvalue weighted by atomic mass is 16.4. The Morgan fingerprint density at radius 2 is 1.58 bits per heavy atom. The van der Waals surface area contributed by atoms with E-state index in [1.54, 1.807) is 35.2 Å². The second-order valence-corrected chi connectivity index (χ2v) is 11.1. The molecule has 3 fully saturated rings. The molecule has 5 atom stereocenters. The zero-order valence-corrected chi connectivity index (χ0v) is 24.0. The third-order valence-corrected chi connectivity index (χ3v) is 8.17. The largest absolute Gasteiger partial charge is 0.480 e. The molecule has 14 heteroatoms. The maximum absolute atomic E-state index is 13.3. The van der Waals surface area contributed by atoms with Crippen molar-refractivity contribution < 1.29 is 39.0 Å². The third kappa shape index (κ3) is 8.08. The number of carbonyl (C=O) groups is 6. The van der Waals surface area contributed by atoms with Crippen LogP contribution < -0.4 is 21.3 Å². The van der Waals surface area contributed by atoms with Gasteiger partial charge in [0.25, 0.3) is 0 Å². The Morgan fingerprint density at radius 1 is 0.884 bits per heavy atom. The minimum Gasteiger partial charge on any atom is -0.480 e. The van der Waals surface area contributed by atoms with E-state index in [0.717, 1.165) is 24.3 Å². The lowest BCUT2D eigenvalue weighted by Crippen LogP contribution is -2.58. The van der Waals surface area contributed by atoms with Gasteiger partial charge in [-0.05, 0) is 50.6 Å². The van der Waals surface area contributed by atoms with Crippen LogP contribution in [0.1, 0.15) is 44.1 Å². The molecule has 14 nitrogen and oxygen atoms in total. The molecule has 0 aliphatic carbocycles. The van der Waals surface area contributed by atoms with E-state index in [4.69, 9.17) is 0 Å². The second-order valence-electron chi connectivity index (χ2n) is 11.1. The number of rotatable bonds is 12. The van der Waals surface area contributed by atoms with Gasteiger partial charge in [0.1, 0.15) is 24.2 Å². The number of aliphatic hydroxyl groups is 1. The third-order valence-electron chi connectivity index (χ3n) is 8.17. The van der Waals surface area contributed by atoms with Crippen LogP contribution >= 0.6 is 0 Å². The Morgan fingerprint density at radius 3 is 2.23 bits per heavy atom. The fraction of sp³-hybridized carbons (Fsp3) is 0.586. The number of carboxylic acid groups (broad SMARTS) is 1. The smallest absolute Gasteiger partial charge is 0.326 e. The Kier molecular flexibility index (Phi) is 11.1. The van der Waals surface area contributed by atoms with Crippen molar-refractivity contribution in [1.29, 1.82) is 0 Å². The van der Waals surface area contributed by atoms with Gasteiger partial charge in [-0.25, -0.2) is 4.79 Å². The summed E-state index contributed by atoms with van der Waals surface area (Å²) in [6.45, 7) is 0.215. The molecule has 3 saturated heterocycles. The number of hydrogen-bond acceptors (Lipinski definition) is 8. The van der Waals surface area contributed by atoms with Crippen LogP contribution in [0.15, 0.2) is 30.3 Å². The summed E-state index contributed by atoms with van der Waals surface area (Å²) in [7, 11) is 0. The van der Waals surface area contributed by atoms with Crippen molar-refractivity contribution >= 4 is 35.5 Å². The highest BCUT2D eigenvalue weighted by molar-refractivity contribution is 5.95. The number of aliphatic carboxylic acids is 1. The first kappa shape index (κ1) is 31.9. The maximum Gasteiger partial charge on any atom is 0.326 e. The zero-order valence-electron chi connectivity index (χ0n) is 24.0. The normalized spacial score (nSPS) is 23.0. The van der Waals surface area contributed by atoms with Crippen LogP contribution in [0.5, 0.6) is 0 Å². The molecule has 1 aromatic carbocycles. The lowest BCUT2D eigenvalue weighted by molar-refractivity contribution is -0.150. The highest BCUT2D eigenvalue weighted by Crippen LogP contribution is 2.21. The predicted octanol–water partition coefficient (Wildman–Crippen LogP) is -1.87. The van der Waals surface area contributed by atoms with Crippen LogP contribution in [-0.2, 0) is 35.2 Å². The van der Waals surface area contributed by atoms with Gasteiger partial charge < -0.3 is 41.3 Å². The Bertz CT molecular complexity index is 1190. The molecule has 3 heterocycles. The van der Waals surface area contributed by atoms with Crippen molar-refractivity contribution in [2.24, 2.45) is 0 Å². The maximum atomic E-state index is 13.3. The van der Waals surface area contributed by atoms with Gasteiger partial charge in [-0.3, -0.25) is 24.0 Å². The first-order valence-electron chi connectivity index (χ1n) is 14.8. The summed E-state index contributed by atoms with van der Waals surface area (Å²) in [6.07, 6.45) is 3.59. The molecular weight excluding hydrogens is 560 g/mol. The summed E-state index contributed by atoms with van der Waals surface area (Å²) < 4.78 is 0. The van der Waals surface area contributed by atoms with E-state index in [-0.39, 0.29) is 31.3 Å². The van der Waals surface area contributed by atoms with Crippen LogP contribution in [0.3, 0.4) is 0 Å². The number of likely N-dealkylation sites (tertiary alicyclic amines) is 2.